The van der Waals surface area contributed by atoms with Gasteiger partial charge in [-0.3, -0.25) is 0 Å². The van der Waals surface area contributed by atoms with Crippen LogP contribution in [-0.4, -0.2) is 22.9 Å². The molecule has 0 saturated heterocycles. The van der Waals surface area contributed by atoms with Crippen molar-refractivity contribution in [3.8, 4) is 5.75 Å². The van der Waals surface area contributed by atoms with Gasteiger partial charge in [-0.05, 0) is 47.7 Å². The molecule has 120 valence electrons. The topological polar surface area (TPSA) is 34.4 Å². The fourth-order valence-corrected chi connectivity index (χ4v) is 2.63. The average Bonchev–Trinajstić information content (AvgIpc) is 2.97. The second-order valence-corrected chi connectivity index (χ2v) is 5.53. The zero-order valence-electron chi connectivity index (χ0n) is 12.9. The number of benzene rings is 2. The predicted molar refractivity (Wildman–Crippen MR) is 89.2 cm³/mol. The molecule has 1 N–H and O–H groups in total. The van der Waals surface area contributed by atoms with Gasteiger partial charge >= 0.3 is 0 Å². The van der Waals surface area contributed by atoms with Crippen molar-refractivity contribution in [1.82, 2.24) is 4.57 Å². The first kappa shape index (κ1) is 15.6. The van der Waals surface area contributed by atoms with Gasteiger partial charge in [-0.25, -0.2) is 4.39 Å². The summed E-state index contributed by atoms with van der Waals surface area (Å²) in [5.41, 5.74) is 2.16. The van der Waals surface area contributed by atoms with Gasteiger partial charge in [-0.15, -0.1) is 0 Å². The summed E-state index contributed by atoms with van der Waals surface area (Å²) in [5, 5.41) is 10.1. The Balaban J connectivity index is 1.64. The average molecular weight is 313 g/mol. The molecule has 3 rings (SSSR count). The highest BCUT2D eigenvalue weighted by molar-refractivity contribution is 5.81. The maximum Gasteiger partial charge on any atom is 0.123 e. The van der Waals surface area contributed by atoms with Crippen molar-refractivity contribution < 1.29 is 14.2 Å². The van der Waals surface area contributed by atoms with E-state index in [1.165, 1.54) is 12.1 Å². The number of fused-ring (bicyclic) bond motifs is 1. The Morgan fingerprint density at radius 1 is 1.04 bits per heavy atom. The molecule has 0 atom stereocenters. The molecule has 0 bridgehead atoms. The molecule has 0 amide bonds. The van der Waals surface area contributed by atoms with Crippen LogP contribution in [0.4, 0.5) is 4.39 Å². The van der Waals surface area contributed by atoms with E-state index in [1.54, 1.807) is 12.1 Å². The molecule has 23 heavy (non-hydrogen) atoms. The molecule has 2 aromatic carbocycles. The van der Waals surface area contributed by atoms with Gasteiger partial charge in [0.15, 0.2) is 0 Å². The molecule has 1 heterocycles. The van der Waals surface area contributed by atoms with Gasteiger partial charge in [0, 0.05) is 31.8 Å². The van der Waals surface area contributed by atoms with E-state index < -0.39 is 0 Å². The summed E-state index contributed by atoms with van der Waals surface area (Å²) < 4.78 is 20.8. The fourth-order valence-electron chi connectivity index (χ4n) is 2.63. The van der Waals surface area contributed by atoms with Crippen LogP contribution in [0.25, 0.3) is 10.9 Å². The summed E-state index contributed by atoms with van der Waals surface area (Å²) in [6.07, 6.45) is 3.51. The number of aryl methyl sites for hydroxylation is 1. The lowest BCUT2D eigenvalue weighted by molar-refractivity contribution is 0.280. The second kappa shape index (κ2) is 7.29. The van der Waals surface area contributed by atoms with E-state index in [2.05, 4.69) is 10.6 Å². The monoisotopic (exact) mass is 313 g/mol. The molecule has 0 saturated carbocycles. The maximum absolute atomic E-state index is 12.9. The quantitative estimate of drug-likeness (QED) is 0.720. The van der Waals surface area contributed by atoms with E-state index in [0.717, 1.165) is 41.6 Å². The minimum Gasteiger partial charge on any atom is -0.493 e. The molecule has 0 fully saturated rings. The van der Waals surface area contributed by atoms with Crippen LogP contribution < -0.4 is 4.74 Å². The smallest absolute Gasteiger partial charge is 0.123 e. The van der Waals surface area contributed by atoms with E-state index in [-0.39, 0.29) is 12.4 Å². The van der Waals surface area contributed by atoms with Crippen LogP contribution in [-0.2, 0) is 13.0 Å². The molecule has 0 unspecified atom stereocenters. The third-order valence-electron chi connectivity index (χ3n) is 3.88. The minimum atomic E-state index is -0.219. The highest BCUT2D eigenvalue weighted by Crippen LogP contribution is 2.22. The Hall–Kier alpha value is -2.33. The Morgan fingerprint density at radius 2 is 1.87 bits per heavy atom. The van der Waals surface area contributed by atoms with Crippen LogP contribution in [0, 0.1) is 5.82 Å². The summed E-state index contributed by atoms with van der Waals surface area (Å²) in [6, 6.07) is 14.6. The zero-order chi connectivity index (χ0) is 16.1. The number of nitrogens with zero attached hydrogens (tertiary/aromatic N) is 1. The van der Waals surface area contributed by atoms with Gasteiger partial charge in [0.25, 0.3) is 0 Å². The van der Waals surface area contributed by atoms with Crippen LogP contribution >= 0.6 is 0 Å². The van der Waals surface area contributed by atoms with Crippen molar-refractivity contribution in [3.05, 3.63) is 66.1 Å². The fraction of sp³-hybridized carbons (Fsp3) is 0.263. The number of aliphatic hydroxyl groups excluding tert-OH is 1. The Kier molecular flexibility index (Phi) is 4.93. The summed E-state index contributed by atoms with van der Waals surface area (Å²) in [6.45, 7) is 1.53. The molecule has 0 aliphatic carbocycles. The molecule has 0 spiro atoms. The molecular weight excluding hydrogens is 293 g/mol. The van der Waals surface area contributed by atoms with Crippen molar-refractivity contribution in [1.29, 1.82) is 0 Å². The number of hydrogen-bond donors (Lipinski definition) is 1. The molecule has 4 heteroatoms. The van der Waals surface area contributed by atoms with E-state index >= 15 is 0 Å². The lowest BCUT2D eigenvalue weighted by Crippen LogP contribution is -2.02. The van der Waals surface area contributed by atoms with E-state index in [0.29, 0.717) is 6.61 Å². The Morgan fingerprint density at radius 3 is 2.65 bits per heavy atom. The number of rotatable bonds is 7. The van der Waals surface area contributed by atoms with E-state index in [4.69, 9.17) is 9.84 Å². The lowest BCUT2D eigenvalue weighted by atomic mass is 10.1. The minimum absolute atomic E-state index is 0.188. The first-order valence-corrected chi connectivity index (χ1v) is 7.83. The normalized spacial score (nSPS) is 11.0. The first-order chi connectivity index (χ1) is 11.3. The van der Waals surface area contributed by atoms with Gasteiger partial charge in [0.1, 0.15) is 11.6 Å². The number of halogens is 1. The molecule has 3 nitrogen and oxygen atoms in total. The largest absolute Gasteiger partial charge is 0.493 e. The van der Waals surface area contributed by atoms with E-state index in [1.807, 2.05) is 24.4 Å². The van der Waals surface area contributed by atoms with E-state index in [9.17, 15) is 4.39 Å². The van der Waals surface area contributed by atoms with Crippen LogP contribution in [0.3, 0.4) is 0 Å². The predicted octanol–water partition coefficient (Wildman–Crippen LogP) is 3.78. The van der Waals surface area contributed by atoms with Crippen molar-refractivity contribution in [3.63, 3.8) is 0 Å². The zero-order valence-corrected chi connectivity index (χ0v) is 12.9. The molecule has 3 aromatic rings. The number of aromatic nitrogens is 1. The van der Waals surface area contributed by atoms with Gasteiger partial charge in [0.05, 0.1) is 12.1 Å². The van der Waals surface area contributed by atoms with Gasteiger partial charge in [0.2, 0.25) is 0 Å². The molecule has 1 aromatic heterocycles. The molecular formula is C19H20FNO2. The Labute approximate surface area is 134 Å². The van der Waals surface area contributed by atoms with Gasteiger partial charge in [-0.1, -0.05) is 12.1 Å². The molecule has 0 aliphatic rings. The second-order valence-electron chi connectivity index (χ2n) is 5.53. The summed E-state index contributed by atoms with van der Waals surface area (Å²) >= 11 is 0. The maximum atomic E-state index is 12.9. The SMILES string of the molecule is OCCCn1ccc2ccc(OCCc3ccc(F)cc3)cc21. The van der Waals surface area contributed by atoms with Gasteiger partial charge in [-0.2, -0.15) is 0 Å². The third kappa shape index (κ3) is 3.90. The molecule has 0 aliphatic heterocycles. The van der Waals surface area contributed by atoms with Gasteiger partial charge < -0.3 is 14.4 Å². The van der Waals surface area contributed by atoms with Crippen molar-refractivity contribution in [2.24, 2.45) is 0 Å². The van der Waals surface area contributed by atoms with Crippen LogP contribution in [0.2, 0.25) is 0 Å². The number of aliphatic hydroxyl groups is 1. The van der Waals surface area contributed by atoms with Crippen LogP contribution in [0.15, 0.2) is 54.7 Å². The molecule has 0 radical (unpaired) electrons. The first-order valence-electron chi connectivity index (χ1n) is 7.83. The van der Waals surface area contributed by atoms with Crippen LogP contribution in [0.5, 0.6) is 5.75 Å². The lowest BCUT2D eigenvalue weighted by Gasteiger charge is -2.08. The van der Waals surface area contributed by atoms with Crippen LogP contribution in [0.1, 0.15) is 12.0 Å². The third-order valence-corrected chi connectivity index (χ3v) is 3.88. The Bertz CT molecular complexity index is 765. The van der Waals surface area contributed by atoms with Crippen molar-refractivity contribution in [2.75, 3.05) is 13.2 Å². The highest BCUT2D eigenvalue weighted by atomic mass is 19.1. The highest BCUT2D eigenvalue weighted by Gasteiger charge is 2.03. The standard InChI is InChI=1S/C19H20FNO2/c20-17-5-2-15(3-6-17)9-13-23-18-7-4-16-8-11-21(10-1-12-22)19(16)14-18/h2-8,11,14,22H,1,9-10,12-13H2. The summed E-state index contributed by atoms with van der Waals surface area (Å²) in [4.78, 5) is 0. The number of hydrogen-bond acceptors (Lipinski definition) is 2. The number of ether oxygens (including phenoxy) is 1. The van der Waals surface area contributed by atoms with Crippen molar-refractivity contribution >= 4 is 10.9 Å². The summed E-state index contributed by atoms with van der Waals surface area (Å²) in [7, 11) is 0. The summed E-state index contributed by atoms with van der Waals surface area (Å²) in [5.74, 6) is 0.604. The van der Waals surface area contributed by atoms with Crippen molar-refractivity contribution in [2.45, 2.75) is 19.4 Å².